The van der Waals surface area contributed by atoms with E-state index in [9.17, 15) is 4.79 Å². The van der Waals surface area contributed by atoms with E-state index in [0.29, 0.717) is 13.0 Å². The molecule has 0 rings (SSSR count). The third kappa shape index (κ3) is 8.48. The van der Waals surface area contributed by atoms with Gasteiger partial charge in [0.1, 0.15) is 0 Å². The molecule has 0 aliphatic rings. The lowest BCUT2D eigenvalue weighted by molar-refractivity contribution is -0.149. The normalized spacial score (nSPS) is 13.1. The molecular weight excluding hydrogens is 204 g/mol. The molecule has 0 bridgehead atoms. The Bertz CT molecular complexity index is 199. The quantitative estimate of drug-likeness (QED) is 0.460. The minimum Gasteiger partial charge on any atom is -0.479 e. The molecule has 0 aliphatic heterocycles. The molecule has 1 N–H and O–H groups in total. The Kier molecular flexibility index (Phi) is 10.1. The zero-order valence-corrected chi connectivity index (χ0v) is 10.4. The minimum absolute atomic E-state index is 0.401. The van der Waals surface area contributed by atoms with E-state index >= 15 is 0 Å². The van der Waals surface area contributed by atoms with Crippen LogP contribution in [0.2, 0.25) is 0 Å². The number of rotatable bonds is 10. The molecule has 1 atom stereocenters. The number of carbonyl (C=O) groups is 1. The first-order valence-corrected chi connectivity index (χ1v) is 6.21. The van der Waals surface area contributed by atoms with Crippen LogP contribution < -0.4 is 0 Å². The lowest BCUT2D eigenvalue weighted by Crippen LogP contribution is -2.22. The molecule has 94 valence electrons. The summed E-state index contributed by atoms with van der Waals surface area (Å²) in [6.45, 7) is 4.41. The number of hydrogen-bond donors (Lipinski definition) is 1. The Morgan fingerprint density at radius 2 is 2.00 bits per heavy atom. The lowest BCUT2D eigenvalue weighted by Gasteiger charge is -2.08. The molecule has 0 saturated heterocycles. The van der Waals surface area contributed by atoms with Gasteiger partial charge in [-0.15, -0.1) is 0 Å². The number of aliphatic carboxylic acids is 1. The van der Waals surface area contributed by atoms with E-state index in [1.807, 2.05) is 13.0 Å². The summed E-state index contributed by atoms with van der Waals surface area (Å²) in [5.74, 6) is -0.876. The number of hydrogen-bond acceptors (Lipinski definition) is 2. The summed E-state index contributed by atoms with van der Waals surface area (Å²) in [5, 5.41) is 8.72. The topological polar surface area (TPSA) is 46.5 Å². The van der Waals surface area contributed by atoms with E-state index in [1.165, 1.54) is 25.7 Å². The van der Waals surface area contributed by atoms with Crippen LogP contribution >= 0.6 is 0 Å². The summed E-state index contributed by atoms with van der Waals surface area (Å²) < 4.78 is 5.19. The summed E-state index contributed by atoms with van der Waals surface area (Å²) >= 11 is 0. The van der Waals surface area contributed by atoms with E-state index < -0.39 is 12.1 Å². The Morgan fingerprint density at radius 1 is 1.25 bits per heavy atom. The van der Waals surface area contributed by atoms with Crippen LogP contribution in [0.25, 0.3) is 0 Å². The van der Waals surface area contributed by atoms with Gasteiger partial charge in [-0.1, -0.05) is 45.3 Å². The van der Waals surface area contributed by atoms with Gasteiger partial charge in [-0.3, -0.25) is 0 Å². The highest BCUT2D eigenvalue weighted by Crippen LogP contribution is 2.03. The van der Waals surface area contributed by atoms with E-state index in [1.54, 1.807) is 0 Å². The first-order chi connectivity index (χ1) is 7.72. The van der Waals surface area contributed by atoms with Gasteiger partial charge < -0.3 is 9.84 Å². The second-order valence-electron chi connectivity index (χ2n) is 3.89. The molecule has 0 aliphatic carbocycles. The van der Waals surface area contributed by atoms with Gasteiger partial charge in [0.2, 0.25) is 0 Å². The van der Waals surface area contributed by atoms with Gasteiger partial charge in [0.25, 0.3) is 0 Å². The highest BCUT2D eigenvalue weighted by atomic mass is 16.5. The molecule has 0 aromatic rings. The molecule has 3 nitrogen and oxygen atoms in total. The summed E-state index contributed by atoms with van der Waals surface area (Å²) in [4.78, 5) is 10.6. The highest BCUT2D eigenvalue weighted by Gasteiger charge is 2.13. The first-order valence-electron chi connectivity index (χ1n) is 6.21. The summed E-state index contributed by atoms with van der Waals surface area (Å²) in [5.41, 5.74) is 0. The smallest absolute Gasteiger partial charge is 0.332 e. The molecule has 16 heavy (non-hydrogen) atoms. The van der Waals surface area contributed by atoms with Gasteiger partial charge in [-0.25, -0.2) is 4.79 Å². The van der Waals surface area contributed by atoms with E-state index in [4.69, 9.17) is 9.84 Å². The molecule has 0 fully saturated rings. The minimum atomic E-state index is -0.876. The number of allylic oxidation sites excluding steroid dienone is 1. The largest absolute Gasteiger partial charge is 0.479 e. The van der Waals surface area contributed by atoms with Crippen LogP contribution in [-0.2, 0) is 9.53 Å². The molecule has 0 spiro atoms. The van der Waals surface area contributed by atoms with Crippen molar-refractivity contribution in [3.05, 3.63) is 12.2 Å². The zero-order valence-electron chi connectivity index (χ0n) is 10.4. The number of carboxylic acids is 1. The van der Waals surface area contributed by atoms with Crippen molar-refractivity contribution < 1.29 is 14.6 Å². The first kappa shape index (κ1) is 15.2. The molecular formula is C13H24O3. The predicted octanol–water partition coefficient (Wildman–Crippen LogP) is 3.39. The maximum Gasteiger partial charge on any atom is 0.332 e. The fourth-order valence-electron chi connectivity index (χ4n) is 1.41. The van der Waals surface area contributed by atoms with Crippen LogP contribution in [0.5, 0.6) is 0 Å². The van der Waals surface area contributed by atoms with Crippen molar-refractivity contribution in [3.8, 4) is 0 Å². The SMILES string of the molecule is CCCCCC/C=C\COC(CC)C(=O)O. The predicted molar refractivity (Wildman–Crippen MR) is 65.6 cm³/mol. The fourth-order valence-corrected chi connectivity index (χ4v) is 1.41. The zero-order chi connectivity index (χ0) is 12.2. The number of unbranched alkanes of at least 4 members (excludes halogenated alkanes) is 4. The third-order valence-electron chi connectivity index (χ3n) is 2.43. The van der Waals surface area contributed by atoms with Crippen molar-refractivity contribution in [2.45, 2.75) is 58.5 Å². The maximum atomic E-state index is 10.6. The van der Waals surface area contributed by atoms with Crippen LogP contribution in [0.4, 0.5) is 0 Å². The third-order valence-corrected chi connectivity index (χ3v) is 2.43. The Morgan fingerprint density at radius 3 is 2.56 bits per heavy atom. The van der Waals surface area contributed by atoms with Crippen molar-refractivity contribution in [2.75, 3.05) is 6.61 Å². The van der Waals surface area contributed by atoms with Crippen LogP contribution in [0.1, 0.15) is 52.4 Å². The highest BCUT2D eigenvalue weighted by molar-refractivity contribution is 5.72. The molecule has 0 amide bonds. The van der Waals surface area contributed by atoms with Gasteiger partial charge in [0, 0.05) is 0 Å². The van der Waals surface area contributed by atoms with Gasteiger partial charge in [-0.05, 0) is 19.3 Å². The van der Waals surface area contributed by atoms with Crippen LogP contribution in [0.3, 0.4) is 0 Å². The number of ether oxygens (including phenoxy) is 1. The van der Waals surface area contributed by atoms with Crippen molar-refractivity contribution in [2.24, 2.45) is 0 Å². The summed E-state index contributed by atoms with van der Waals surface area (Å²) in [7, 11) is 0. The standard InChI is InChI=1S/C13H24O3/c1-3-5-6-7-8-9-10-11-16-12(4-2)13(14)15/h9-10,12H,3-8,11H2,1-2H3,(H,14,15)/b10-9-. The molecule has 1 unspecified atom stereocenters. The molecule has 0 aromatic carbocycles. The van der Waals surface area contributed by atoms with Crippen molar-refractivity contribution >= 4 is 5.97 Å². The van der Waals surface area contributed by atoms with Gasteiger partial charge >= 0.3 is 5.97 Å². The average Bonchev–Trinajstić information content (AvgIpc) is 2.26. The summed E-state index contributed by atoms with van der Waals surface area (Å²) in [6, 6.07) is 0. The van der Waals surface area contributed by atoms with Crippen molar-refractivity contribution in [1.82, 2.24) is 0 Å². The molecule has 3 heteroatoms. The molecule has 0 heterocycles. The van der Waals surface area contributed by atoms with Crippen LogP contribution in [-0.4, -0.2) is 23.8 Å². The van der Waals surface area contributed by atoms with Gasteiger partial charge in [-0.2, -0.15) is 0 Å². The van der Waals surface area contributed by atoms with E-state index in [-0.39, 0.29) is 0 Å². The van der Waals surface area contributed by atoms with E-state index in [2.05, 4.69) is 13.0 Å². The van der Waals surface area contributed by atoms with Crippen LogP contribution in [0.15, 0.2) is 12.2 Å². The lowest BCUT2D eigenvalue weighted by atomic mass is 10.1. The maximum absolute atomic E-state index is 10.6. The summed E-state index contributed by atoms with van der Waals surface area (Å²) in [6.07, 6.45) is 9.93. The Labute approximate surface area is 98.5 Å². The molecule has 0 aromatic heterocycles. The number of carboxylic acid groups (broad SMARTS) is 1. The molecule has 0 saturated carbocycles. The molecule has 0 radical (unpaired) electrons. The second-order valence-corrected chi connectivity index (χ2v) is 3.89. The van der Waals surface area contributed by atoms with Crippen molar-refractivity contribution in [1.29, 1.82) is 0 Å². The van der Waals surface area contributed by atoms with Gasteiger partial charge in [0.15, 0.2) is 6.10 Å². The van der Waals surface area contributed by atoms with E-state index in [0.717, 1.165) is 6.42 Å². The van der Waals surface area contributed by atoms with Gasteiger partial charge in [0.05, 0.1) is 6.61 Å². The average molecular weight is 228 g/mol. The van der Waals surface area contributed by atoms with Crippen LogP contribution in [0, 0.1) is 0 Å². The monoisotopic (exact) mass is 228 g/mol. The fraction of sp³-hybridized carbons (Fsp3) is 0.769. The Hall–Kier alpha value is -0.830. The second kappa shape index (κ2) is 10.7. The van der Waals surface area contributed by atoms with Crippen molar-refractivity contribution in [3.63, 3.8) is 0 Å². The Balaban J connectivity index is 3.42.